The Bertz CT molecular complexity index is 336. The molecule has 0 amide bonds. The van der Waals surface area contributed by atoms with Crippen molar-refractivity contribution in [2.75, 3.05) is 13.2 Å². The highest BCUT2D eigenvalue weighted by Gasteiger charge is 2.23. The molecule has 1 aromatic rings. The van der Waals surface area contributed by atoms with E-state index in [0.717, 1.165) is 36.9 Å². The molecule has 4 heteroatoms. The smallest absolute Gasteiger partial charge is 0.0469 e. The minimum absolute atomic E-state index is 0.347. The van der Waals surface area contributed by atoms with Gasteiger partial charge in [0.25, 0.3) is 0 Å². The number of benzene rings is 1. The van der Waals surface area contributed by atoms with Crippen LogP contribution in [0, 0.1) is 5.92 Å². The maximum atomic E-state index is 5.68. The average Bonchev–Trinajstić information content (AvgIpc) is 2.39. The van der Waals surface area contributed by atoms with Crippen molar-refractivity contribution in [3.8, 4) is 0 Å². The van der Waals surface area contributed by atoms with Crippen LogP contribution >= 0.6 is 15.9 Å². The number of nitrogens with one attached hydrogen (secondary N) is 1. The second-order valence-electron chi connectivity index (χ2n) is 4.55. The first-order valence-electron chi connectivity index (χ1n) is 6.08. The Hall–Kier alpha value is -0.420. The number of rotatable bonds is 4. The van der Waals surface area contributed by atoms with E-state index >= 15 is 0 Å². The molecule has 1 aliphatic heterocycles. The van der Waals surface area contributed by atoms with Gasteiger partial charge in [-0.25, -0.2) is 0 Å². The largest absolute Gasteiger partial charge is 0.381 e. The lowest BCUT2D eigenvalue weighted by molar-refractivity contribution is 0.0538. The molecule has 0 radical (unpaired) electrons. The molecule has 1 fully saturated rings. The van der Waals surface area contributed by atoms with Gasteiger partial charge in [0.1, 0.15) is 0 Å². The van der Waals surface area contributed by atoms with E-state index in [1.807, 2.05) is 0 Å². The van der Waals surface area contributed by atoms with Crippen LogP contribution in [0.5, 0.6) is 0 Å². The van der Waals surface area contributed by atoms with Crippen LogP contribution in [0.3, 0.4) is 0 Å². The number of nitrogens with two attached hydrogens (primary N) is 1. The fourth-order valence-corrected chi connectivity index (χ4v) is 2.62. The molecule has 0 bridgehead atoms. The van der Waals surface area contributed by atoms with Crippen LogP contribution in [0.25, 0.3) is 0 Å². The Morgan fingerprint density at radius 3 is 2.53 bits per heavy atom. The van der Waals surface area contributed by atoms with Gasteiger partial charge in [-0.1, -0.05) is 28.1 Å². The van der Waals surface area contributed by atoms with E-state index in [9.17, 15) is 0 Å². The lowest BCUT2D eigenvalue weighted by Gasteiger charge is -2.29. The number of hydrazine groups is 1. The van der Waals surface area contributed by atoms with Crippen molar-refractivity contribution < 1.29 is 4.74 Å². The summed E-state index contributed by atoms with van der Waals surface area (Å²) in [5.41, 5.74) is 4.29. The average molecular weight is 299 g/mol. The number of hydrogen-bond donors (Lipinski definition) is 2. The molecular weight excluding hydrogens is 280 g/mol. The maximum absolute atomic E-state index is 5.68. The highest BCUT2D eigenvalue weighted by molar-refractivity contribution is 9.10. The second-order valence-corrected chi connectivity index (χ2v) is 5.47. The normalized spacial score (nSPS) is 19.2. The summed E-state index contributed by atoms with van der Waals surface area (Å²) in [6, 6.07) is 8.79. The second kappa shape index (κ2) is 6.50. The monoisotopic (exact) mass is 298 g/mol. The first-order chi connectivity index (χ1) is 8.29. The highest BCUT2D eigenvalue weighted by Crippen LogP contribution is 2.21. The van der Waals surface area contributed by atoms with Crippen molar-refractivity contribution >= 4 is 15.9 Å². The van der Waals surface area contributed by atoms with Crippen molar-refractivity contribution in [1.82, 2.24) is 5.43 Å². The topological polar surface area (TPSA) is 47.3 Å². The molecule has 1 atom stereocenters. The summed E-state index contributed by atoms with van der Waals surface area (Å²) in [4.78, 5) is 0. The van der Waals surface area contributed by atoms with Gasteiger partial charge >= 0.3 is 0 Å². The Balaban J connectivity index is 1.96. The SMILES string of the molecule is NNC(Cc1ccc(Br)cc1)C1CCOCC1. The van der Waals surface area contributed by atoms with Gasteiger partial charge < -0.3 is 4.74 Å². The third-order valence-electron chi connectivity index (χ3n) is 3.42. The first kappa shape index (κ1) is 13.0. The summed E-state index contributed by atoms with van der Waals surface area (Å²) < 4.78 is 6.50. The minimum Gasteiger partial charge on any atom is -0.381 e. The van der Waals surface area contributed by atoms with Crippen LogP contribution < -0.4 is 11.3 Å². The van der Waals surface area contributed by atoms with Gasteiger partial charge in [0.2, 0.25) is 0 Å². The Morgan fingerprint density at radius 2 is 1.94 bits per heavy atom. The zero-order valence-electron chi connectivity index (χ0n) is 9.86. The van der Waals surface area contributed by atoms with E-state index in [4.69, 9.17) is 10.6 Å². The molecule has 94 valence electrons. The van der Waals surface area contributed by atoms with E-state index in [-0.39, 0.29) is 0 Å². The molecule has 0 spiro atoms. The lowest BCUT2D eigenvalue weighted by Crippen LogP contribution is -2.44. The van der Waals surface area contributed by atoms with E-state index in [0.29, 0.717) is 12.0 Å². The fourth-order valence-electron chi connectivity index (χ4n) is 2.35. The number of ether oxygens (including phenoxy) is 1. The predicted octanol–water partition coefficient (Wildman–Crippen LogP) is 2.25. The summed E-state index contributed by atoms with van der Waals surface area (Å²) in [6.45, 7) is 1.73. The van der Waals surface area contributed by atoms with Gasteiger partial charge in [-0.15, -0.1) is 0 Å². The van der Waals surface area contributed by atoms with Gasteiger partial charge in [0.15, 0.2) is 0 Å². The molecule has 1 aliphatic rings. The van der Waals surface area contributed by atoms with Gasteiger partial charge in [0, 0.05) is 23.7 Å². The summed E-state index contributed by atoms with van der Waals surface area (Å²) >= 11 is 3.45. The fraction of sp³-hybridized carbons (Fsp3) is 0.538. The maximum Gasteiger partial charge on any atom is 0.0469 e. The molecule has 1 saturated heterocycles. The quantitative estimate of drug-likeness (QED) is 0.662. The Kier molecular flexibility index (Phi) is 4.98. The third kappa shape index (κ3) is 3.78. The van der Waals surface area contributed by atoms with Gasteiger partial charge in [0.05, 0.1) is 0 Å². The van der Waals surface area contributed by atoms with Gasteiger partial charge in [-0.3, -0.25) is 11.3 Å². The van der Waals surface area contributed by atoms with E-state index < -0.39 is 0 Å². The molecular formula is C13H19BrN2O. The zero-order valence-corrected chi connectivity index (χ0v) is 11.4. The molecule has 3 nitrogen and oxygen atoms in total. The number of hydrogen-bond acceptors (Lipinski definition) is 3. The zero-order chi connectivity index (χ0) is 12.1. The molecule has 1 unspecified atom stereocenters. The molecule has 0 aliphatic carbocycles. The van der Waals surface area contributed by atoms with Crippen molar-refractivity contribution in [2.45, 2.75) is 25.3 Å². The molecule has 17 heavy (non-hydrogen) atoms. The first-order valence-corrected chi connectivity index (χ1v) is 6.87. The standard InChI is InChI=1S/C13H19BrN2O/c14-12-3-1-10(2-4-12)9-13(16-15)11-5-7-17-8-6-11/h1-4,11,13,16H,5-9,15H2. The summed E-state index contributed by atoms with van der Waals surface area (Å²) in [5.74, 6) is 6.30. The van der Waals surface area contributed by atoms with Crippen molar-refractivity contribution in [1.29, 1.82) is 0 Å². The molecule has 2 rings (SSSR count). The lowest BCUT2D eigenvalue weighted by atomic mass is 9.88. The van der Waals surface area contributed by atoms with Crippen molar-refractivity contribution in [3.05, 3.63) is 34.3 Å². The van der Waals surface area contributed by atoms with E-state index in [2.05, 4.69) is 45.6 Å². The van der Waals surface area contributed by atoms with Crippen LogP contribution in [0.4, 0.5) is 0 Å². The molecule has 3 N–H and O–H groups in total. The Morgan fingerprint density at radius 1 is 1.29 bits per heavy atom. The molecule has 0 saturated carbocycles. The highest BCUT2D eigenvalue weighted by atomic mass is 79.9. The van der Waals surface area contributed by atoms with Crippen LogP contribution in [-0.2, 0) is 11.2 Å². The number of halogens is 1. The van der Waals surface area contributed by atoms with Crippen LogP contribution in [0.1, 0.15) is 18.4 Å². The van der Waals surface area contributed by atoms with Crippen molar-refractivity contribution in [2.24, 2.45) is 11.8 Å². The Labute approximate surface area is 111 Å². The van der Waals surface area contributed by atoms with Gasteiger partial charge in [-0.05, 0) is 42.9 Å². The molecule has 1 aromatic carbocycles. The summed E-state index contributed by atoms with van der Waals surface area (Å²) in [6.07, 6.45) is 3.19. The van der Waals surface area contributed by atoms with Gasteiger partial charge in [-0.2, -0.15) is 0 Å². The summed E-state index contributed by atoms with van der Waals surface area (Å²) in [5, 5.41) is 0. The van der Waals surface area contributed by atoms with Crippen LogP contribution in [0.2, 0.25) is 0 Å². The minimum atomic E-state index is 0.347. The molecule has 1 heterocycles. The van der Waals surface area contributed by atoms with Crippen LogP contribution in [0.15, 0.2) is 28.7 Å². The molecule has 0 aromatic heterocycles. The summed E-state index contributed by atoms with van der Waals surface area (Å²) in [7, 11) is 0. The van der Waals surface area contributed by atoms with E-state index in [1.165, 1.54) is 5.56 Å². The predicted molar refractivity (Wildman–Crippen MR) is 72.5 cm³/mol. The van der Waals surface area contributed by atoms with E-state index in [1.54, 1.807) is 0 Å². The van der Waals surface area contributed by atoms with Crippen molar-refractivity contribution in [3.63, 3.8) is 0 Å². The third-order valence-corrected chi connectivity index (χ3v) is 3.95. The van der Waals surface area contributed by atoms with Crippen LogP contribution in [-0.4, -0.2) is 19.3 Å².